The summed E-state index contributed by atoms with van der Waals surface area (Å²) < 4.78 is 0. The van der Waals surface area contributed by atoms with Crippen LogP contribution in [0.1, 0.15) is 10.5 Å². The fourth-order valence-corrected chi connectivity index (χ4v) is 2.20. The minimum atomic E-state index is -1.16. The average molecular weight is 300 g/mol. The zero-order valence-corrected chi connectivity index (χ0v) is 11.5. The Morgan fingerprint density at radius 1 is 1.14 bits per heavy atom. The predicted molar refractivity (Wildman–Crippen MR) is 81.2 cm³/mol. The number of carbonyl (C=O) groups is 1. The molecule has 0 atom stereocenters. The first-order chi connectivity index (χ1) is 10.1. The van der Waals surface area contributed by atoms with Gasteiger partial charge >= 0.3 is 5.97 Å². The first-order valence-electron chi connectivity index (χ1n) is 6.16. The van der Waals surface area contributed by atoms with Crippen molar-refractivity contribution in [2.45, 2.75) is 0 Å². The smallest absolute Gasteiger partial charge is 0.356 e. The summed E-state index contributed by atoms with van der Waals surface area (Å²) in [7, 11) is 0. The van der Waals surface area contributed by atoms with E-state index in [-0.39, 0.29) is 10.7 Å². The molecule has 3 aromatic rings. The second kappa shape index (κ2) is 5.38. The van der Waals surface area contributed by atoms with E-state index < -0.39 is 5.97 Å². The maximum Gasteiger partial charge on any atom is 0.356 e. The zero-order valence-electron chi connectivity index (χ0n) is 10.7. The monoisotopic (exact) mass is 299 g/mol. The SMILES string of the molecule is O=C(O)c1nc(Nc2cccc3ncccc23)ccc1Cl. The van der Waals surface area contributed by atoms with Gasteiger partial charge in [0.25, 0.3) is 0 Å². The summed E-state index contributed by atoms with van der Waals surface area (Å²) in [6.45, 7) is 0. The molecule has 0 aliphatic carbocycles. The molecule has 0 aliphatic heterocycles. The van der Waals surface area contributed by atoms with Gasteiger partial charge in [0.2, 0.25) is 0 Å². The highest BCUT2D eigenvalue weighted by molar-refractivity contribution is 6.33. The van der Waals surface area contributed by atoms with Gasteiger partial charge in [-0.3, -0.25) is 4.98 Å². The number of pyridine rings is 2. The Morgan fingerprint density at radius 2 is 2.00 bits per heavy atom. The zero-order chi connectivity index (χ0) is 14.8. The van der Waals surface area contributed by atoms with Gasteiger partial charge in [-0.25, -0.2) is 9.78 Å². The second-order valence-electron chi connectivity index (χ2n) is 4.33. The topological polar surface area (TPSA) is 75.1 Å². The van der Waals surface area contributed by atoms with Crippen LogP contribution in [0.4, 0.5) is 11.5 Å². The Labute approximate surface area is 125 Å². The van der Waals surface area contributed by atoms with Crippen LogP contribution >= 0.6 is 11.6 Å². The van der Waals surface area contributed by atoms with Crippen molar-refractivity contribution in [3.63, 3.8) is 0 Å². The van der Waals surface area contributed by atoms with E-state index in [1.165, 1.54) is 6.07 Å². The van der Waals surface area contributed by atoms with Crippen molar-refractivity contribution in [1.82, 2.24) is 9.97 Å². The first kappa shape index (κ1) is 13.3. The molecule has 2 heterocycles. The second-order valence-corrected chi connectivity index (χ2v) is 4.74. The summed E-state index contributed by atoms with van der Waals surface area (Å²) in [6, 6.07) is 12.5. The number of fused-ring (bicyclic) bond motifs is 1. The van der Waals surface area contributed by atoms with Crippen LogP contribution in [-0.4, -0.2) is 21.0 Å². The summed E-state index contributed by atoms with van der Waals surface area (Å²) in [4.78, 5) is 19.3. The Hall–Kier alpha value is -2.66. The van der Waals surface area contributed by atoms with E-state index in [1.807, 2.05) is 30.3 Å². The molecule has 0 unspecified atom stereocenters. The van der Waals surface area contributed by atoms with Crippen molar-refractivity contribution in [1.29, 1.82) is 0 Å². The van der Waals surface area contributed by atoms with Crippen LogP contribution in [0.3, 0.4) is 0 Å². The van der Waals surface area contributed by atoms with Gasteiger partial charge in [-0.05, 0) is 36.4 Å². The molecular formula is C15H10ClN3O2. The number of rotatable bonds is 3. The molecular weight excluding hydrogens is 290 g/mol. The van der Waals surface area contributed by atoms with Gasteiger partial charge in [0.15, 0.2) is 5.69 Å². The molecule has 0 saturated carbocycles. The van der Waals surface area contributed by atoms with Gasteiger partial charge in [0, 0.05) is 17.3 Å². The van der Waals surface area contributed by atoms with Gasteiger partial charge in [0.1, 0.15) is 5.82 Å². The third-order valence-electron chi connectivity index (χ3n) is 2.96. The minimum absolute atomic E-state index is 0.104. The molecule has 0 amide bonds. The number of nitrogens with zero attached hydrogens (tertiary/aromatic N) is 2. The number of hydrogen-bond donors (Lipinski definition) is 2. The highest BCUT2D eigenvalue weighted by Crippen LogP contribution is 2.25. The number of carboxylic acid groups (broad SMARTS) is 1. The maximum atomic E-state index is 11.1. The highest BCUT2D eigenvalue weighted by atomic mass is 35.5. The first-order valence-corrected chi connectivity index (χ1v) is 6.53. The Morgan fingerprint density at radius 3 is 2.81 bits per heavy atom. The van der Waals surface area contributed by atoms with E-state index >= 15 is 0 Å². The third kappa shape index (κ3) is 2.64. The van der Waals surface area contributed by atoms with Crippen molar-refractivity contribution < 1.29 is 9.90 Å². The number of aromatic carboxylic acids is 1. The predicted octanol–water partition coefficient (Wildman–Crippen LogP) is 3.73. The molecule has 0 saturated heterocycles. The summed E-state index contributed by atoms with van der Waals surface area (Å²) >= 11 is 5.81. The van der Waals surface area contributed by atoms with E-state index in [9.17, 15) is 4.79 Å². The van der Waals surface area contributed by atoms with Gasteiger partial charge in [-0.15, -0.1) is 0 Å². The lowest BCUT2D eigenvalue weighted by molar-refractivity contribution is 0.0691. The number of hydrogen-bond acceptors (Lipinski definition) is 4. The molecule has 104 valence electrons. The molecule has 6 heteroatoms. The summed E-state index contributed by atoms with van der Waals surface area (Å²) in [5.41, 5.74) is 1.46. The van der Waals surface area contributed by atoms with Crippen molar-refractivity contribution in [2.24, 2.45) is 0 Å². The molecule has 0 radical (unpaired) electrons. The maximum absolute atomic E-state index is 11.1. The van der Waals surface area contributed by atoms with E-state index in [0.29, 0.717) is 5.82 Å². The molecule has 0 bridgehead atoms. The van der Waals surface area contributed by atoms with Crippen molar-refractivity contribution >= 4 is 40.0 Å². The molecule has 2 aromatic heterocycles. The number of anilines is 2. The number of carboxylic acids is 1. The van der Waals surface area contributed by atoms with Crippen molar-refractivity contribution in [3.8, 4) is 0 Å². The lowest BCUT2D eigenvalue weighted by atomic mass is 10.2. The van der Waals surface area contributed by atoms with E-state index in [0.717, 1.165) is 16.6 Å². The molecule has 0 spiro atoms. The lowest BCUT2D eigenvalue weighted by Gasteiger charge is -2.09. The molecule has 21 heavy (non-hydrogen) atoms. The van der Waals surface area contributed by atoms with E-state index in [4.69, 9.17) is 16.7 Å². The molecule has 2 N–H and O–H groups in total. The van der Waals surface area contributed by atoms with Gasteiger partial charge in [0.05, 0.1) is 10.5 Å². The summed E-state index contributed by atoms with van der Waals surface area (Å²) in [5.74, 6) is -0.753. The molecule has 1 aromatic carbocycles. The fraction of sp³-hybridized carbons (Fsp3) is 0. The number of halogens is 1. The van der Waals surface area contributed by atoms with Crippen LogP contribution in [-0.2, 0) is 0 Å². The Kier molecular flexibility index (Phi) is 3.41. The van der Waals surface area contributed by atoms with Crippen LogP contribution < -0.4 is 5.32 Å². The van der Waals surface area contributed by atoms with Crippen LogP contribution in [0.5, 0.6) is 0 Å². The number of benzene rings is 1. The molecule has 3 rings (SSSR count). The molecule has 5 nitrogen and oxygen atoms in total. The largest absolute Gasteiger partial charge is 0.476 e. The Balaban J connectivity index is 2.03. The normalized spacial score (nSPS) is 10.5. The number of aromatic nitrogens is 2. The summed E-state index contributed by atoms with van der Waals surface area (Å²) in [5, 5.41) is 13.2. The van der Waals surface area contributed by atoms with Crippen LogP contribution in [0.2, 0.25) is 5.02 Å². The molecule has 0 fully saturated rings. The summed E-state index contributed by atoms with van der Waals surface area (Å²) in [6.07, 6.45) is 1.72. The van der Waals surface area contributed by atoms with Gasteiger partial charge in [-0.1, -0.05) is 17.7 Å². The van der Waals surface area contributed by atoms with Gasteiger partial charge in [-0.2, -0.15) is 0 Å². The van der Waals surface area contributed by atoms with Crippen molar-refractivity contribution in [2.75, 3.05) is 5.32 Å². The number of nitrogens with one attached hydrogen (secondary N) is 1. The van der Waals surface area contributed by atoms with E-state index in [1.54, 1.807) is 12.3 Å². The van der Waals surface area contributed by atoms with E-state index in [2.05, 4.69) is 15.3 Å². The van der Waals surface area contributed by atoms with Gasteiger partial charge < -0.3 is 10.4 Å². The highest BCUT2D eigenvalue weighted by Gasteiger charge is 2.12. The Bertz CT molecular complexity index is 831. The van der Waals surface area contributed by atoms with Crippen LogP contribution in [0.15, 0.2) is 48.7 Å². The standard InChI is InChI=1S/C15H10ClN3O2/c16-10-6-7-13(19-14(10)15(20)21)18-12-5-1-4-11-9(12)3-2-8-17-11/h1-8H,(H,18,19)(H,20,21). The quantitative estimate of drug-likeness (QED) is 0.771. The third-order valence-corrected chi connectivity index (χ3v) is 3.26. The van der Waals surface area contributed by atoms with Crippen LogP contribution in [0.25, 0.3) is 10.9 Å². The average Bonchev–Trinajstić information content (AvgIpc) is 2.49. The lowest BCUT2D eigenvalue weighted by Crippen LogP contribution is -2.04. The fourth-order valence-electron chi connectivity index (χ4n) is 2.01. The minimum Gasteiger partial charge on any atom is -0.476 e. The van der Waals surface area contributed by atoms with Crippen molar-refractivity contribution in [3.05, 3.63) is 59.4 Å². The molecule has 0 aliphatic rings. The van der Waals surface area contributed by atoms with Crippen LogP contribution in [0, 0.1) is 0 Å².